The molecule has 0 fully saturated rings. The molecule has 2 atom stereocenters. The van der Waals surface area contributed by atoms with E-state index in [9.17, 15) is 18.0 Å². The number of nitrogens with two attached hydrogens (primary N) is 2. The van der Waals surface area contributed by atoms with Crippen molar-refractivity contribution in [2.45, 2.75) is 18.5 Å². The van der Waals surface area contributed by atoms with Crippen LogP contribution in [-0.2, 0) is 19.7 Å². The minimum absolute atomic E-state index is 0.641. The van der Waals surface area contributed by atoms with Gasteiger partial charge >= 0.3 is 5.97 Å². The predicted molar refractivity (Wildman–Crippen MR) is 49.6 cm³/mol. The molecule has 0 bridgehead atoms. The van der Waals surface area contributed by atoms with Crippen LogP contribution in [0.2, 0.25) is 0 Å². The fourth-order valence-corrected chi connectivity index (χ4v) is 1.49. The standard InChI is InChI=1S/C6H12N2O6S/c7-3(1-5(9)10)6(11)4(8)2-15(12,13)14/h3-4H,1-2,7-8H2,(H,9,10)(H,12,13,14)/t3-,4?/m0/s1. The lowest BCUT2D eigenvalue weighted by molar-refractivity contribution is -0.139. The summed E-state index contributed by atoms with van der Waals surface area (Å²) in [4.78, 5) is 21.3. The molecular weight excluding hydrogens is 228 g/mol. The van der Waals surface area contributed by atoms with Gasteiger partial charge < -0.3 is 16.6 Å². The number of carboxylic acids is 1. The molecule has 8 nitrogen and oxygen atoms in total. The largest absolute Gasteiger partial charge is 0.481 e. The number of carbonyl (C=O) groups is 2. The quantitative estimate of drug-likeness (QED) is 0.372. The number of carbonyl (C=O) groups excluding carboxylic acids is 1. The van der Waals surface area contributed by atoms with E-state index in [-0.39, 0.29) is 0 Å². The second-order valence-electron chi connectivity index (χ2n) is 2.96. The Kier molecular flexibility index (Phi) is 4.81. The Morgan fingerprint density at radius 3 is 2.00 bits per heavy atom. The van der Waals surface area contributed by atoms with Crippen molar-refractivity contribution in [3.05, 3.63) is 0 Å². The molecule has 9 heteroatoms. The monoisotopic (exact) mass is 240 g/mol. The van der Waals surface area contributed by atoms with E-state index in [4.69, 9.17) is 21.1 Å². The van der Waals surface area contributed by atoms with E-state index in [1.807, 2.05) is 0 Å². The number of Topliss-reactive ketones (excluding diaryl/α,β-unsaturated/α-hetero) is 1. The van der Waals surface area contributed by atoms with Crippen LogP contribution in [0.5, 0.6) is 0 Å². The molecule has 0 saturated carbocycles. The maximum atomic E-state index is 11.2. The summed E-state index contributed by atoms with van der Waals surface area (Å²) >= 11 is 0. The van der Waals surface area contributed by atoms with Gasteiger partial charge in [0, 0.05) is 0 Å². The van der Waals surface area contributed by atoms with E-state index in [0.717, 1.165) is 0 Å². The van der Waals surface area contributed by atoms with Crippen molar-refractivity contribution >= 4 is 21.9 Å². The second kappa shape index (κ2) is 5.16. The third-order valence-corrected chi connectivity index (χ3v) is 2.30. The van der Waals surface area contributed by atoms with Crippen LogP contribution < -0.4 is 11.5 Å². The Morgan fingerprint density at radius 1 is 1.20 bits per heavy atom. The first-order valence-electron chi connectivity index (χ1n) is 3.85. The molecule has 15 heavy (non-hydrogen) atoms. The number of hydrogen-bond acceptors (Lipinski definition) is 6. The summed E-state index contributed by atoms with van der Waals surface area (Å²) in [7, 11) is -4.38. The van der Waals surface area contributed by atoms with Gasteiger partial charge in [0.05, 0.1) is 24.3 Å². The van der Waals surface area contributed by atoms with Gasteiger partial charge in [-0.2, -0.15) is 8.42 Å². The Labute approximate surface area is 86.0 Å². The lowest BCUT2D eigenvalue weighted by Crippen LogP contribution is -2.47. The first kappa shape index (κ1) is 14.0. The van der Waals surface area contributed by atoms with Gasteiger partial charge in [0.2, 0.25) is 0 Å². The van der Waals surface area contributed by atoms with Crippen LogP contribution in [0.4, 0.5) is 0 Å². The predicted octanol–water partition coefficient (Wildman–Crippen LogP) is -2.43. The van der Waals surface area contributed by atoms with Gasteiger partial charge in [-0.1, -0.05) is 0 Å². The average Bonchev–Trinajstić information content (AvgIpc) is 1.98. The highest BCUT2D eigenvalue weighted by molar-refractivity contribution is 7.85. The van der Waals surface area contributed by atoms with Crippen molar-refractivity contribution in [3.63, 3.8) is 0 Å². The van der Waals surface area contributed by atoms with Crippen molar-refractivity contribution in [2.75, 3.05) is 5.75 Å². The summed E-state index contributed by atoms with van der Waals surface area (Å²) in [6.45, 7) is 0. The molecular formula is C6H12N2O6S. The maximum Gasteiger partial charge on any atom is 0.305 e. The van der Waals surface area contributed by atoms with Crippen LogP contribution in [0.3, 0.4) is 0 Å². The number of ketones is 1. The van der Waals surface area contributed by atoms with Crippen LogP contribution in [-0.4, -0.2) is 47.7 Å². The van der Waals surface area contributed by atoms with Gasteiger partial charge in [-0.05, 0) is 0 Å². The molecule has 0 aliphatic heterocycles. The van der Waals surface area contributed by atoms with Gasteiger partial charge in [-0.25, -0.2) is 0 Å². The van der Waals surface area contributed by atoms with E-state index in [0.29, 0.717) is 0 Å². The molecule has 0 aromatic carbocycles. The molecule has 0 aromatic rings. The van der Waals surface area contributed by atoms with Gasteiger partial charge in [-0.15, -0.1) is 0 Å². The Bertz CT molecular complexity index is 351. The van der Waals surface area contributed by atoms with E-state index in [2.05, 4.69) is 0 Å². The molecule has 6 N–H and O–H groups in total. The van der Waals surface area contributed by atoms with Crippen molar-refractivity contribution in [1.82, 2.24) is 0 Å². The molecule has 0 aliphatic rings. The number of aliphatic carboxylic acids is 1. The van der Waals surface area contributed by atoms with E-state index in [1.54, 1.807) is 0 Å². The lowest BCUT2D eigenvalue weighted by Gasteiger charge is -2.13. The summed E-state index contributed by atoms with van der Waals surface area (Å²) < 4.78 is 29.1. The summed E-state index contributed by atoms with van der Waals surface area (Å²) in [5.74, 6) is -3.19. The van der Waals surface area contributed by atoms with Crippen molar-refractivity contribution < 1.29 is 27.7 Å². The summed E-state index contributed by atoms with van der Waals surface area (Å²) in [6.07, 6.45) is -0.641. The zero-order valence-corrected chi connectivity index (χ0v) is 8.48. The minimum atomic E-state index is -4.38. The van der Waals surface area contributed by atoms with Crippen molar-refractivity contribution in [3.8, 4) is 0 Å². The molecule has 0 radical (unpaired) electrons. The zero-order valence-electron chi connectivity index (χ0n) is 7.66. The Balaban J connectivity index is 4.38. The fourth-order valence-electron chi connectivity index (χ4n) is 0.873. The highest BCUT2D eigenvalue weighted by atomic mass is 32.2. The molecule has 0 aromatic heterocycles. The molecule has 0 saturated heterocycles. The van der Waals surface area contributed by atoms with Gasteiger partial charge in [-0.3, -0.25) is 14.1 Å². The van der Waals surface area contributed by atoms with Crippen LogP contribution in [0.25, 0.3) is 0 Å². The maximum absolute atomic E-state index is 11.2. The fraction of sp³-hybridized carbons (Fsp3) is 0.667. The van der Waals surface area contributed by atoms with E-state index >= 15 is 0 Å². The molecule has 0 heterocycles. The van der Waals surface area contributed by atoms with E-state index in [1.165, 1.54) is 0 Å². The van der Waals surface area contributed by atoms with E-state index < -0.39 is 46.1 Å². The third-order valence-electron chi connectivity index (χ3n) is 1.52. The second-order valence-corrected chi connectivity index (χ2v) is 4.46. The third kappa shape index (κ3) is 6.12. The van der Waals surface area contributed by atoms with Crippen molar-refractivity contribution in [2.24, 2.45) is 11.5 Å². The van der Waals surface area contributed by atoms with Gasteiger partial charge in [0.1, 0.15) is 0 Å². The summed E-state index contributed by atoms with van der Waals surface area (Å²) in [5, 5.41) is 8.31. The average molecular weight is 240 g/mol. The SMILES string of the molecule is NC(CS(=O)(=O)O)C(=O)[C@@H](N)CC(=O)O. The number of carboxylic acid groups (broad SMARTS) is 1. The smallest absolute Gasteiger partial charge is 0.305 e. The van der Waals surface area contributed by atoms with Gasteiger partial charge in [0.25, 0.3) is 10.1 Å². The van der Waals surface area contributed by atoms with Crippen LogP contribution in [0.1, 0.15) is 6.42 Å². The first-order valence-corrected chi connectivity index (χ1v) is 5.46. The molecule has 0 rings (SSSR count). The van der Waals surface area contributed by atoms with Crippen LogP contribution >= 0.6 is 0 Å². The number of rotatable bonds is 6. The highest BCUT2D eigenvalue weighted by Crippen LogP contribution is 1.97. The Hall–Kier alpha value is -1.03. The normalized spacial score (nSPS) is 15.7. The summed E-state index contributed by atoms with van der Waals surface area (Å²) in [6, 6.07) is -2.89. The number of hydrogen-bond donors (Lipinski definition) is 4. The minimum Gasteiger partial charge on any atom is -0.481 e. The molecule has 0 aliphatic carbocycles. The lowest BCUT2D eigenvalue weighted by atomic mass is 10.1. The highest BCUT2D eigenvalue weighted by Gasteiger charge is 2.26. The van der Waals surface area contributed by atoms with Gasteiger partial charge in [0.15, 0.2) is 5.78 Å². The molecule has 88 valence electrons. The summed E-state index contributed by atoms with van der Waals surface area (Å²) in [5.41, 5.74) is 10.3. The van der Waals surface area contributed by atoms with Crippen LogP contribution in [0, 0.1) is 0 Å². The Morgan fingerprint density at radius 2 is 1.67 bits per heavy atom. The van der Waals surface area contributed by atoms with Crippen LogP contribution in [0.15, 0.2) is 0 Å². The molecule has 0 spiro atoms. The molecule has 0 amide bonds. The first-order chi connectivity index (χ1) is 6.63. The van der Waals surface area contributed by atoms with Crippen molar-refractivity contribution in [1.29, 1.82) is 0 Å². The zero-order chi connectivity index (χ0) is 12.2. The molecule has 1 unspecified atom stereocenters. The topological polar surface area (TPSA) is 161 Å².